The lowest BCUT2D eigenvalue weighted by Gasteiger charge is -2.31. The minimum atomic E-state index is -3.06. The molecule has 2 aromatic rings. The fourth-order valence-electron chi connectivity index (χ4n) is 2.72. The van der Waals surface area contributed by atoms with E-state index < -0.39 is 10.0 Å². The molecule has 0 bridgehead atoms. The molecule has 1 fully saturated rings. The van der Waals surface area contributed by atoms with Crippen LogP contribution in [0.4, 0.5) is 5.69 Å². The number of benzene rings is 1. The summed E-state index contributed by atoms with van der Waals surface area (Å²) in [6, 6.07) is 6.14. The van der Waals surface area contributed by atoms with Gasteiger partial charge in [0.1, 0.15) is 0 Å². The number of nitrogens with one attached hydrogen (secondary N) is 1. The van der Waals surface area contributed by atoms with Crippen molar-refractivity contribution >= 4 is 37.3 Å². The van der Waals surface area contributed by atoms with Gasteiger partial charge in [-0.2, -0.15) is 0 Å². The van der Waals surface area contributed by atoms with Crippen LogP contribution in [0.5, 0.6) is 0 Å². The van der Waals surface area contributed by atoms with Gasteiger partial charge < -0.3 is 5.32 Å². The molecular weight excluding hydrogens is 306 g/mol. The number of aromatic nitrogens is 1. The zero-order chi connectivity index (χ0) is 14.9. The van der Waals surface area contributed by atoms with Gasteiger partial charge in [-0.05, 0) is 37.0 Å². The molecule has 1 aliphatic rings. The lowest BCUT2D eigenvalue weighted by molar-refractivity contribution is 0.277. The van der Waals surface area contributed by atoms with Crippen molar-refractivity contribution in [1.82, 2.24) is 9.29 Å². The number of sulfonamides is 1. The molecule has 3 rings (SSSR count). The number of hydrogen-bond donors (Lipinski definition) is 1. The van der Waals surface area contributed by atoms with Crippen molar-refractivity contribution in [2.75, 3.05) is 31.2 Å². The summed E-state index contributed by atoms with van der Waals surface area (Å²) in [5, 5.41) is 3.43. The topological polar surface area (TPSA) is 62.3 Å². The third kappa shape index (κ3) is 3.53. The fraction of sp³-hybridized carbons (Fsp3) is 0.500. The highest BCUT2D eigenvalue weighted by Crippen LogP contribution is 2.23. The second-order valence-corrected chi connectivity index (χ2v) is 8.41. The highest BCUT2D eigenvalue weighted by Gasteiger charge is 2.25. The van der Waals surface area contributed by atoms with E-state index in [-0.39, 0.29) is 0 Å². The SMILES string of the molecule is CS(=O)(=O)N1CCCC(CNc2ccc3ncsc3c2)C1. The molecule has 1 atom stereocenters. The molecule has 114 valence electrons. The van der Waals surface area contributed by atoms with Gasteiger partial charge in [0.2, 0.25) is 10.0 Å². The molecule has 1 aromatic heterocycles. The predicted molar refractivity (Wildman–Crippen MR) is 87.3 cm³/mol. The Morgan fingerprint density at radius 3 is 3.14 bits per heavy atom. The molecule has 1 unspecified atom stereocenters. The van der Waals surface area contributed by atoms with Crippen LogP contribution in [-0.2, 0) is 10.0 Å². The summed E-state index contributed by atoms with van der Waals surface area (Å²) in [6.07, 6.45) is 3.30. The first-order chi connectivity index (χ1) is 10.0. The van der Waals surface area contributed by atoms with Crippen LogP contribution in [0.25, 0.3) is 10.2 Å². The lowest BCUT2D eigenvalue weighted by Crippen LogP contribution is -2.41. The fourth-order valence-corrected chi connectivity index (χ4v) is 4.38. The quantitative estimate of drug-likeness (QED) is 0.937. The number of thiazole rings is 1. The van der Waals surface area contributed by atoms with Crippen molar-refractivity contribution in [2.24, 2.45) is 5.92 Å². The van der Waals surface area contributed by atoms with E-state index in [0.29, 0.717) is 19.0 Å². The van der Waals surface area contributed by atoms with Crippen molar-refractivity contribution in [3.8, 4) is 0 Å². The zero-order valence-electron chi connectivity index (χ0n) is 11.9. The van der Waals surface area contributed by atoms with Crippen LogP contribution in [0.1, 0.15) is 12.8 Å². The summed E-state index contributed by atoms with van der Waals surface area (Å²) in [6.45, 7) is 2.08. The molecule has 1 N–H and O–H groups in total. The van der Waals surface area contributed by atoms with Crippen LogP contribution in [0.3, 0.4) is 0 Å². The van der Waals surface area contributed by atoms with Crippen LogP contribution in [0, 0.1) is 5.92 Å². The van der Waals surface area contributed by atoms with Crippen LogP contribution >= 0.6 is 11.3 Å². The number of fused-ring (bicyclic) bond motifs is 1. The molecular formula is C14H19N3O2S2. The number of nitrogens with zero attached hydrogens (tertiary/aromatic N) is 2. The maximum Gasteiger partial charge on any atom is 0.211 e. The lowest BCUT2D eigenvalue weighted by atomic mass is 9.99. The second-order valence-electron chi connectivity index (χ2n) is 5.55. The third-order valence-electron chi connectivity index (χ3n) is 3.88. The van der Waals surface area contributed by atoms with Crippen LogP contribution in [-0.4, -0.2) is 43.6 Å². The standard InChI is InChI=1S/C14H19N3O2S2/c1-21(18,19)17-6-2-3-11(9-17)8-15-12-4-5-13-14(7-12)20-10-16-13/h4-5,7,10-11,15H,2-3,6,8-9H2,1H3. The summed E-state index contributed by atoms with van der Waals surface area (Å²) in [7, 11) is -3.06. The van der Waals surface area contributed by atoms with E-state index >= 15 is 0 Å². The predicted octanol–water partition coefficient (Wildman–Crippen LogP) is 2.38. The maximum atomic E-state index is 11.6. The number of rotatable bonds is 4. The van der Waals surface area contributed by atoms with Crippen molar-refractivity contribution in [2.45, 2.75) is 12.8 Å². The second kappa shape index (κ2) is 5.90. The molecule has 2 heterocycles. The summed E-state index contributed by atoms with van der Waals surface area (Å²) in [5.74, 6) is 0.366. The molecule has 1 saturated heterocycles. The first-order valence-electron chi connectivity index (χ1n) is 7.04. The number of piperidine rings is 1. The normalized spacial score (nSPS) is 20.7. The Hall–Kier alpha value is -1.18. The van der Waals surface area contributed by atoms with Gasteiger partial charge in [0, 0.05) is 25.3 Å². The Kier molecular flexibility index (Phi) is 4.14. The molecule has 21 heavy (non-hydrogen) atoms. The minimum Gasteiger partial charge on any atom is -0.385 e. The van der Waals surface area contributed by atoms with Crippen molar-refractivity contribution < 1.29 is 8.42 Å². The summed E-state index contributed by atoms with van der Waals surface area (Å²) in [4.78, 5) is 4.26. The van der Waals surface area contributed by atoms with E-state index in [1.165, 1.54) is 11.0 Å². The Morgan fingerprint density at radius 1 is 1.48 bits per heavy atom. The highest BCUT2D eigenvalue weighted by molar-refractivity contribution is 7.88. The molecule has 1 aliphatic heterocycles. The first kappa shape index (κ1) is 14.7. The molecule has 0 spiro atoms. The van der Waals surface area contributed by atoms with Gasteiger partial charge in [0.25, 0.3) is 0 Å². The van der Waals surface area contributed by atoms with Gasteiger partial charge in [-0.3, -0.25) is 0 Å². The van der Waals surface area contributed by atoms with Gasteiger partial charge in [-0.25, -0.2) is 17.7 Å². The maximum absolute atomic E-state index is 11.6. The van der Waals surface area contributed by atoms with E-state index in [1.54, 1.807) is 15.6 Å². The third-order valence-corrected chi connectivity index (χ3v) is 5.94. The van der Waals surface area contributed by atoms with Crippen molar-refractivity contribution in [1.29, 1.82) is 0 Å². The number of hydrogen-bond acceptors (Lipinski definition) is 5. The Bertz CT molecular complexity index is 727. The number of anilines is 1. The first-order valence-corrected chi connectivity index (χ1v) is 9.77. The van der Waals surface area contributed by atoms with Crippen LogP contribution in [0.15, 0.2) is 23.7 Å². The largest absolute Gasteiger partial charge is 0.385 e. The smallest absolute Gasteiger partial charge is 0.211 e. The Balaban J connectivity index is 1.61. The van der Waals surface area contributed by atoms with E-state index in [4.69, 9.17) is 0 Å². The summed E-state index contributed by atoms with van der Waals surface area (Å²) >= 11 is 1.63. The van der Waals surface area contributed by atoms with Crippen LogP contribution < -0.4 is 5.32 Å². The summed E-state index contributed by atoms with van der Waals surface area (Å²) in [5.41, 5.74) is 3.94. The molecule has 0 radical (unpaired) electrons. The van der Waals surface area contributed by atoms with Gasteiger partial charge in [-0.15, -0.1) is 11.3 Å². The molecule has 0 aliphatic carbocycles. The van der Waals surface area contributed by atoms with Gasteiger partial charge in [0.05, 0.1) is 22.0 Å². The average molecular weight is 325 g/mol. The van der Waals surface area contributed by atoms with E-state index in [2.05, 4.69) is 16.4 Å². The van der Waals surface area contributed by atoms with Gasteiger partial charge in [0.15, 0.2) is 0 Å². The zero-order valence-corrected chi connectivity index (χ0v) is 13.6. The monoisotopic (exact) mass is 325 g/mol. The molecule has 1 aromatic carbocycles. The molecule has 0 amide bonds. The van der Waals surface area contributed by atoms with Crippen molar-refractivity contribution in [3.63, 3.8) is 0 Å². The van der Waals surface area contributed by atoms with Gasteiger partial charge in [-0.1, -0.05) is 0 Å². The van der Waals surface area contributed by atoms with E-state index in [0.717, 1.165) is 30.6 Å². The van der Waals surface area contributed by atoms with E-state index in [1.807, 2.05) is 17.6 Å². The Labute approximate surface area is 129 Å². The average Bonchev–Trinajstić information content (AvgIpc) is 2.92. The minimum absolute atomic E-state index is 0.366. The van der Waals surface area contributed by atoms with Crippen LogP contribution in [0.2, 0.25) is 0 Å². The van der Waals surface area contributed by atoms with E-state index in [9.17, 15) is 8.42 Å². The Morgan fingerprint density at radius 2 is 2.33 bits per heavy atom. The van der Waals surface area contributed by atoms with Gasteiger partial charge >= 0.3 is 0 Å². The summed E-state index contributed by atoms with van der Waals surface area (Å²) < 4.78 is 26.0. The highest BCUT2D eigenvalue weighted by atomic mass is 32.2. The molecule has 5 nitrogen and oxygen atoms in total. The van der Waals surface area contributed by atoms with Crippen molar-refractivity contribution in [3.05, 3.63) is 23.7 Å². The molecule has 7 heteroatoms. The molecule has 0 saturated carbocycles.